The van der Waals surface area contributed by atoms with Crippen LogP contribution in [-0.4, -0.2) is 21.2 Å². The normalized spacial score (nSPS) is 10.2. The zero-order chi connectivity index (χ0) is 13.8. The van der Waals surface area contributed by atoms with Crippen molar-refractivity contribution in [2.45, 2.75) is 20.3 Å². The monoisotopic (exact) mass is 257 g/mol. The Kier molecular flexibility index (Phi) is 3.75. The number of anilines is 1. The summed E-state index contributed by atoms with van der Waals surface area (Å²) < 4.78 is 0. The first-order valence-electron chi connectivity index (χ1n) is 6.03. The summed E-state index contributed by atoms with van der Waals surface area (Å²) >= 11 is 0. The van der Waals surface area contributed by atoms with Crippen molar-refractivity contribution < 1.29 is 9.90 Å². The van der Waals surface area contributed by atoms with Gasteiger partial charge in [0, 0.05) is 5.69 Å². The van der Waals surface area contributed by atoms with E-state index in [1.54, 1.807) is 25.1 Å². The number of nitrogens with zero attached hydrogens (tertiary/aromatic N) is 2. The summed E-state index contributed by atoms with van der Waals surface area (Å²) in [6.07, 6.45) is 0.644. The van der Waals surface area contributed by atoms with Crippen molar-refractivity contribution >= 4 is 11.6 Å². The Bertz CT molecular complexity index is 594. The first-order valence-corrected chi connectivity index (χ1v) is 6.03. The van der Waals surface area contributed by atoms with Crippen molar-refractivity contribution in [1.82, 2.24) is 10.2 Å². The van der Waals surface area contributed by atoms with Gasteiger partial charge in [0.25, 0.3) is 5.91 Å². The van der Waals surface area contributed by atoms with Gasteiger partial charge in [0.15, 0.2) is 0 Å². The number of amides is 1. The van der Waals surface area contributed by atoms with Gasteiger partial charge in [0.2, 0.25) is 0 Å². The number of hydrogen-bond acceptors (Lipinski definition) is 4. The highest BCUT2D eigenvalue weighted by Crippen LogP contribution is 2.16. The summed E-state index contributed by atoms with van der Waals surface area (Å²) in [7, 11) is 0. The van der Waals surface area contributed by atoms with Crippen LogP contribution in [0.2, 0.25) is 0 Å². The predicted octanol–water partition coefficient (Wildman–Crippen LogP) is 2.31. The molecule has 19 heavy (non-hydrogen) atoms. The molecule has 5 nitrogen and oxygen atoms in total. The van der Waals surface area contributed by atoms with Crippen molar-refractivity contribution in [2.24, 2.45) is 0 Å². The van der Waals surface area contributed by atoms with E-state index in [1.807, 2.05) is 6.92 Å². The zero-order valence-electron chi connectivity index (χ0n) is 10.8. The Hall–Kier alpha value is -2.43. The van der Waals surface area contributed by atoms with Crippen molar-refractivity contribution in [1.29, 1.82) is 0 Å². The third kappa shape index (κ3) is 3.07. The van der Waals surface area contributed by atoms with E-state index < -0.39 is 0 Å². The van der Waals surface area contributed by atoms with Crippen molar-refractivity contribution in [3.05, 3.63) is 47.3 Å². The summed E-state index contributed by atoms with van der Waals surface area (Å²) in [5, 5.41) is 19.9. The molecule has 1 heterocycles. The molecule has 0 unspecified atom stereocenters. The van der Waals surface area contributed by atoms with Crippen LogP contribution in [0.1, 0.15) is 28.7 Å². The summed E-state index contributed by atoms with van der Waals surface area (Å²) in [5.74, 6) is -0.0609. The number of hydrogen-bond donors (Lipinski definition) is 2. The van der Waals surface area contributed by atoms with Crippen LogP contribution in [0.3, 0.4) is 0 Å². The maximum Gasteiger partial charge on any atom is 0.257 e. The second-order valence-electron chi connectivity index (χ2n) is 4.20. The fourth-order valence-electron chi connectivity index (χ4n) is 1.72. The van der Waals surface area contributed by atoms with Crippen LogP contribution in [-0.2, 0) is 6.42 Å². The number of aromatic hydroxyl groups is 1. The smallest absolute Gasteiger partial charge is 0.257 e. The van der Waals surface area contributed by atoms with E-state index in [9.17, 15) is 9.90 Å². The fourth-order valence-corrected chi connectivity index (χ4v) is 1.72. The van der Waals surface area contributed by atoms with E-state index in [0.717, 1.165) is 0 Å². The standard InChI is InChI=1S/C14H15N3O2/c1-3-13-12(8-9(2)16-17-13)14(19)15-10-4-6-11(18)7-5-10/h4-8,18H,3H2,1-2H3,(H,15,19). The summed E-state index contributed by atoms with van der Waals surface area (Å²) in [6, 6.07) is 8.04. The third-order valence-electron chi connectivity index (χ3n) is 2.70. The lowest BCUT2D eigenvalue weighted by molar-refractivity contribution is 0.102. The molecular weight excluding hydrogens is 242 g/mol. The van der Waals surface area contributed by atoms with Crippen molar-refractivity contribution in [3.63, 3.8) is 0 Å². The van der Waals surface area contributed by atoms with Crippen LogP contribution >= 0.6 is 0 Å². The number of phenolic OH excluding ortho intramolecular Hbond substituents is 1. The van der Waals surface area contributed by atoms with Gasteiger partial charge < -0.3 is 10.4 Å². The lowest BCUT2D eigenvalue weighted by atomic mass is 10.1. The van der Waals surface area contributed by atoms with Gasteiger partial charge in [0.1, 0.15) is 5.75 Å². The highest BCUT2D eigenvalue weighted by atomic mass is 16.3. The molecule has 0 aliphatic rings. The molecule has 5 heteroatoms. The number of aromatic nitrogens is 2. The molecule has 0 aliphatic heterocycles. The lowest BCUT2D eigenvalue weighted by Crippen LogP contribution is -2.16. The van der Waals surface area contributed by atoms with Gasteiger partial charge in [-0.05, 0) is 43.7 Å². The van der Waals surface area contributed by atoms with Crippen LogP contribution in [0.5, 0.6) is 5.75 Å². The van der Waals surface area contributed by atoms with Crippen molar-refractivity contribution in [3.8, 4) is 5.75 Å². The van der Waals surface area contributed by atoms with Crippen LogP contribution in [0.15, 0.2) is 30.3 Å². The Labute approximate surface area is 111 Å². The first kappa shape index (κ1) is 13.0. The van der Waals surface area contributed by atoms with E-state index in [0.29, 0.717) is 29.1 Å². The summed E-state index contributed by atoms with van der Waals surface area (Å²) in [6.45, 7) is 3.72. The largest absolute Gasteiger partial charge is 0.508 e. The van der Waals surface area contributed by atoms with Crippen LogP contribution in [0, 0.1) is 6.92 Å². The number of rotatable bonds is 3. The van der Waals surface area contributed by atoms with E-state index in [1.165, 1.54) is 12.1 Å². The Morgan fingerprint density at radius 1 is 1.26 bits per heavy atom. The molecule has 0 spiro atoms. The molecule has 2 rings (SSSR count). The number of carbonyl (C=O) groups is 1. The molecule has 0 saturated carbocycles. The van der Waals surface area contributed by atoms with Gasteiger partial charge >= 0.3 is 0 Å². The summed E-state index contributed by atoms with van der Waals surface area (Å²) in [5.41, 5.74) is 2.53. The lowest BCUT2D eigenvalue weighted by Gasteiger charge is -2.08. The average Bonchev–Trinajstić information content (AvgIpc) is 2.41. The second kappa shape index (κ2) is 5.48. The fraction of sp³-hybridized carbons (Fsp3) is 0.214. The van der Waals surface area contributed by atoms with Gasteiger partial charge in [0.05, 0.1) is 17.0 Å². The average molecular weight is 257 g/mol. The quantitative estimate of drug-likeness (QED) is 0.827. The maximum absolute atomic E-state index is 12.2. The highest BCUT2D eigenvalue weighted by Gasteiger charge is 2.13. The number of aryl methyl sites for hydroxylation is 2. The zero-order valence-corrected chi connectivity index (χ0v) is 10.8. The van der Waals surface area contributed by atoms with Crippen LogP contribution in [0.4, 0.5) is 5.69 Å². The van der Waals surface area contributed by atoms with Gasteiger partial charge in [-0.15, -0.1) is 0 Å². The Balaban J connectivity index is 2.24. The third-order valence-corrected chi connectivity index (χ3v) is 2.70. The number of nitrogens with one attached hydrogen (secondary N) is 1. The molecule has 1 amide bonds. The van der Waals surface area contributed by atoms with E-state index in [4.69, 9.17) is 0 Å². The van der Waals surface area contributed by atoms with E-state index in [2.05, 4.69) is 15.5 Å². The molecule has 1 aromatic carbocycles. The molecule has 0 bridgehead atoms. The first-order chi connectivity index (χ1) is 9.10. The topological polar surface area (TPSA) is 75.1 Å². The second-order valence-corrected chi connectivity index (χ2v) is 4.20. The minimum atomic E-state index is -0.222. The number of carbonyl (C=O) groups excluding carboxylic acids is 1. The number of benzene rings is 1. The van der Waals surface area contributed by atoms with Crippen LogP contribution < -0.4 is 5.32 Å². The van der Waals surface area contributed by atoms with Gasteiger partial charge in [-0.3, -0.25) is 4.79 Å². The molecule has 98 valence electrons. The molecule has 0 fully saturated rings. The van der Waals surface area contributed by atoms with Gasteiger partial charge in [-0.2, -0.15) is 10.2 Å². The molecule has 0 radical (unpaired) electrons. The van der Waals surface area contributed by atoms with E-state index >= 15 is 0 Å². The highest BCUT2D eigenvalue weighted by molar-refractivity contribution is 6.05. The predicted molar refractivity (Wildman–Crippen MR) is 72.2 cm³/mol. The number of phenols is 1. The molecular formula is C14H15N3O2. The maximum atomic E-state index is 12.2. The van der Waals surface area contributed by atoms with Gasteiger partial charge in [-0.1, -0.05) is 6.92 Å². The molecule has 0 atom stereocenters. The van der Waals surface area contributed by atoms with Crippen LogP contribution in [0.25, 0.3) is 0 Å². The Morgan fingerprint density at radius 2 is 1.95 bits per heavy atom. The molecule has 2 N–H and O–H groups in total. The van der Waals surface area contributed by atoms with Gasteiger partial charge in [-0.25, -0.2) is 0 Å². The van der Waals surface area contributed by atoms with Crippen molar-refractivity contribution in [2.75, 3.05) is 5.32 Å². The van der Waals surface area contributed by atoms with E-state index in [-0.39, 0.29) is 11.7 Å². The SMILES string of the molecule is CCc1nnc(C)cc1C(=O)Nc1ccc(O)cc1. The molecule has 0 saturated heterocycles. The Morgan fingerprint density at radius 3 is 2.58 bits per heavy atom. The summed E-state index contributed by atoms with van der Waals surface area (Å²) in [4.78, 5) is 12.2. The molecule has 2 aromatic rings. The molecule has 0 aliphatic carbocycles. The minimum Gasteiger partial charge on any atom is -0.508 e. The molecule has 1 aromatic heterocycles. The minimum absolute atomic E-state index is 0.161.